The Balaban J connectivity index is 1.75. The summed E-state index contributed by atoms with van der Waals surface area (Å²) in [6, 6.07) is 2.42. The number of aryl methyl sites for hydroxylation is 1. The normalized spacial score (nSPS) is 20.3. The minimum atomic E-state index is 0.00813. The van der Waals surface area contributed by atoms with E-state index in [2.05, 4.69) is 68.4 Å². The molecule has 32 heavy (non-hydrogen) atoms. The van der Waals surface area contributed by atoms with Crippen molar-refractivity contribution in [1.82, 2.24) is 0 Å². The molecule has 1 unspecified atom stereocenters. The molecule has 184 valence electrons. The van der Waals surface area contributed by atoms with Gasteiger partial charge in [-0.1, -0.05) is 92.6 Å². The molecule has 0 saturated heterocycles. The molecule has 1 aliphatic rings. The van der Waals surface area contributed by atoms with E-state index >= 15 is 0 Å². The molecular weight excluding hydrogens is 388 g/mol. The highest BCUT2D eigenvalue weighted by Crippen LogP contribution is 2.41. The summed E-state index contributed by atoms with van der Waals surface area (Å²) in [5.74, 6) is 4.38. The van der Waals surface area contributed by atoms with Crippen molar-refractivity contribution < 1.29 is 4.74 Å². The van der Waals surface area contributed by atoms with Gasteiger partial charge in [0.15, 0.2) is 0 Å². The van der Waals surface area contributed by atoms with Gasteiger partial charge in [0.05, 0.1) is 0 Å². The van der Waals surface area contributed by atoms with Gasteiger partial charge in [-0.25, -0.2) is 0 Å². The second kappa shape index (κ2) is 12.5. The summed E-state index contributed by atoms with van der Waals surface area (Å²) in [7, 11) is 0. The molecule has 0 N–H and O–H groups in total. The first kappa shape index (κ1) is 27.3. The first-order valence-electron chi connectivity index (χ1n) is 13.8. The molecule has 1 heterocycles. The van der Waals surface area contributed by atoms with Crippen LogP contribution in [0.3, 0.4) is 0 Å². The average Bonchev–Trinajstić information content (AvgIpc) is 2.70. The van der Waals surface area contributed by atoms with E-state index < -0.39 is 0 Å². The number of hydrogen-bond donors (Lipinski definition) is 0. The second-order valence-electron chi connectivity index (χ2n) is 12.3. The Labute approximate surface area is 201 Å². The Hall–Kier alpha value is -0.980. The number of fused-ring (bicyclic) bond motifs is 1. The SMILES string of the molecule is Cc1c(C(C)C)cc2c(c1C)OC(C)(CCC[C@H](C)CCC[C@H](C)CCCC(C)C)CC2. The molecule has 0 amide bonds. The lowest BCUT2D eigenvalue weighted by Gasteiger charge is -2.38. The van der Waals surface area contributed by atoms with E-state index in [-0.39, 0.29) is 5.60 Å². The van der Waals surface area contributed by atoms with Crippen molar-refractivity contribution in [3.05, 3.63) is 28.3 Å². The van der Waals surface area contributed by atoms with Gasteiger partial charge in [0.1, 0.15) is 11.4 Å². The molecule has 1 heteroatoms. The van der Waals surface area contributed by atoms with Gasteiger partial charge < -0.3 is 4.74 Å². The molecule has 1 aromatic rings. The number of ether oxygens (including phenoxy) is 1. The molecular formula is C31H54O. The molecule has 0 saturated carbocycles. The summed E-state index contributed by atoms with van der Waals surface area (Å²) in [5.41, 5.74) is 5.73. The monoisotopic (exact) mass is 442 g/mol. The van der Waals surface area contributed by atoms with Crippen molar-refractivity contribution >= 4 is 0 Å². The first-order chi connectivity index (χ1) is 15.0. The molecule has 1 aromatic carbocycles. The van der Waals surface area contributed by atoms with Crippen LogP contribution in [0.15, 0.2) is 6.07 Å². The van der Waals surface area contributed by atoms with Crippen molar-refractivity contribution in [3.8, 4) is 5.75 Å². The molecule has 0 fully saturated rings. The highest BCUT2D eigenvalue weighted by Gasteiger charge is 2.33. The molecule has 1 nitrogen and oxygen atoms in total. The summed E-state index contributed by atoms with van der Waals surface area (Å²) >= 11 is 0. The van der Waals surface area contributed by atoms with E-state index in [9.17, 15) is 0 Å². The largest absolute Gasteiger partial charge is 0.487 e. The van der Waals surface area contributed by atoms with Gasteiger partial charge in [0.25, 0.3) is 0 Å². The van der Waals surface area contributed by atoms with Gasteiger partial charge in [-0.15, -0.1) is 0 Å². The Morgan fingerprint density at radius 3 is 1.94 bits per heavy atom. The van der Waals surface area contributed by atoms with E-state index in [1.165, 1.54) is 85.8 Å². The molecule has 1 aliphatic heterocycles. The van der Waals surface area contributed by atoms with Crippen molar-refractivity contribution in [2.45, 2.75) is 144 Å². The quantitative estimate of drug-likeness (QED) is 0.295. The molecule has 2 rings (SSSR count). The lowest BCUT2D eigenvalue weighted by atomic mass is 9.83. The van der Waals surface area contributed by atoms with E-state index in [1.807, 2.05) is 0 Å². The Morgan fingerprint density at radius 1 is 0.812 bits per heavy atom. The molecule has 3 atom stereocenters. The maximum absolute atomic E-state index is 6.71. The zero-order valence-electron chi connectivity index (χ0n) is 23.1. The lowest BCUT2D eigenvalue weighted by Crippen LogP contribution is -2.37. The van der Waals surface area contributed by atoms with E-state index in [1.54, 1.807) is 0 Å². The predicted molar refractivity (Wildman–Crippen MR) is 142 cm³/mol. The molecule has 0 bridgehead atoms. The molecule has 0 spiro atoms. The number of rotatable bonds is 13. The Bertz CT molecular complexity index is 701. The van der Waals surface area contributed by atoms with Crippen LogP contribution in [-0.4, -0.2) is 5.60 Å². The van der Waals surface area contributed by atoms with Crippen LogP contribution in [0.1, 0.15) is 141 Å². The van der Waals surface area contributed by atoms with Gasteiger partial charge in [0, 0.05) is 0 Å². The Kier molecular flexibility index (Phi) is 10.6. The maximum atomic E-state index is 6.71. The first-order valence-corrected chi connectivity index (χ1v) is 13.8. The van der Waals surface area contributed by atoms with E-state index in [0.717, 1.165) is 30.6 Å². The van der Waals surface area contributed by atoms with Gasteiger partial charge in [-0.05, 0) is 92.4 Å². The van der Waals surface area contributed by atoms with E-state index in [0.29, 0.717) is 5.92 Å². The molecule has 0 radical (unpaired) electrons. The van der Waals surface area contributed by atoms with Crippen LogP contribution in [0.2, 0.25) is 0 Å². The topological polar surface area (TPSA) is 9.23 Å². The summed E-state index contributed by atoms with van der Waals surface area (Å²) in [4.78, 5) is 0. The average molecular weight is 443 g/mol. The van der Waals surface area contributed by atoms with Gasteiger partial charge in [0.2, 0.25) is 0 Å². The summed E-state index contributed by atoms with van der Waals surface area (Å²) in [6.45, 7) is 21.1. The summed E-state index contributed by atoms with van der Waals surface area (Å²) in [5, 5.41) is 0. The van der Waals surface area contributed by atoms with Crippen LogP contribution in [0.4, 0.5) is 0 Å². The summed E-state index contributed by atoms with van der Waals surface area (Å²) in [6.07, 6.45) is 14.6. The number of hydrogen-bond acceptors (Lipinski definition) is 1. The van der Waals surface area contributed by atoms with Crippen molar-refractivity contribution in [2.75, 3.05) is 0 Å². The minimum Gasteiger partial charge on any atom is -0.487 e. The van der Waals surface area contributed by atoms with Crippen molar-refractivity contribution in [1.29, 1.82) is 0 Å². The fourth-order valence-electron chi connectivity index (χ4n) is 5.59. The second-order valence-corrected chi connectivity index (χ2v) is 12.3. The summed E-state index contributed by atoms with van der Waals surface area (Å²) < 4.78 is 6.71. The van der Waals surface area contributed by atoms with Crippen LogP contribution in [-0.2, 0) is 6.42 Å². The zero-order chi connectivity index (χ0) is 23.9. The van der Waals surface area contributed by atoms with Crippen molar-refractivity contribution in [3.63, 3.8) is 0 Å². The Morgan fingerprint density at radius 2 is 1.38 bits per heavy atom. The fourth-order valence-corrected chi connectivity index (χ4v) is 5.59. The zero-order valence-corrected chi connectivity index (χ0v) is 23.1. The smallest absolute Gasteiger partial charge is 0.126 e. The van der Waals surface area contributed by atoms with E-state index in [4.69, 9.17) is 4.74 Å². The third-order valence-electron chi connectivity index (χ3n) is 8.13. The predicted octanol–water partition coefficient (Wildman–Crippen LogP) is 9.95. The minimum absolute atomic E-state index is 0.00813. The molecule has 0 aromatic heterocycles. The highest BCUT2D eigenvalue weighted by atomic mass is 16.5. The fraction of sp³-hybridized carbons (Fsp3) is 0.806. The van der Waals surface area contributed by atoms with Crippen LogP contribution in [0, 0.1) is 31.6 Å². The highest BCUT2D eigenvalue weighted by molar-refractivity contribution is 5.51. The standard InChI is InChI=1S/C31H54O/c1-22(2)13-10-14-24(5)15-11-16-25(6)17-12-19-31(9)20-18-28-21-29(23(3)4)26(7)27(8)30(28)32-31/h21-25H,10-20H2,1-9H3/t24-,25-,31?/m1/s1. The van der Waals surface area contributed by atoms with Crippen LogP contribution < -0.4 is 4.74 Å². The number of benzene rings is 1. The third kappa shape index (κ3) is 8.11. The van der Waals surface area contributed by atoms with Crippen LogP contribution in [0.25, 0.3) is 0 Å². The van der Waals surface area contributed by atoms with Gasteiger partial charge in [-0.3, -0.25) is 0 Å². The van der Waals surface area contributed by atoms with Crippen LogP contribution >= 0.6 is 0 Å². The molecule has 0 aliphatic carbocycles. The third-order valence-corrected chi connectivity index (χ3v) is 8.13. The maximum Gasteiger partial charge on any atom is 0.126 e. The lowest BCUT2D eigenvalue weighted by molar-refractivity contribution is 0.0515. The van der Waals surface area contributed by atoms with Crippen molar-refractivity contribution in [2.24, 2.45) is 17.8 Å². The van der Waals surface area contributed by atoms with Gasteiger partial charge >= 0.3 is 0 Å². The van der Waals surface area contributed by atoms with Crippen LogP contribution in [0.5, 0.6) is 5.75 Å². The van der Waals surface area contributed by atoms with Gasteiger partial charge in [-0.2, -0.15) is 0 Å².